The highest BCUT2D eigenvalue weighted by Crippen LogP contribution is 2.22. The molecule has 2 aromatic rings. The number of nitrogens with zero attached hydrogens (tertiary/aromatic N) is 3. The van der Waals surface area contributed by atoms with Crippen LogP contribution < -0.4 is 0 Å². The average Bonchev–Trinajstić information content (AvgIpc) is 2.85. The summed E-state index contributed by atoms with van der Waals surface area (Å²) in [6.45, 7) is 0.0758. The monoisotopic (exact) mass is 209 g/mol. The molecule has 0 unspecified atom stereocenters. The third kappa shape index (κ3) is 1.77. The van der Waals surface area contributed by atoms with E-state index in [1.54, 1.807) is 12.1 Å². The van der Waals surface area contributed by atoms with Crippen molar-refractivity contribution in [2.75, 3.05) is 6.61 Å². The summed E-state index contributed by atoms with van der Waals surface area (Å²) in [7, 11) is 0. The molecule has 6 nitrogen and oxygen atoms in total. The Bertz CT molecular complexity index is 422. The van der Waals surface area contributed by atoms with Gasteiger partial charge in [-0.3, -0.25) is 0 Å². The first-order valence-corrected chi connectivity index (χ1v) is 4.54. The minimum atomic E-state index is -0.207. The van der Waals surface area contributed by atoms with Crippen LogP contribution in [0, 0.1) is 0 Å². The van der Waals surface area contributed by atoms with Gasteiger partial charge in [-0.15, -0.1) is 5.10 Å². The largest absolute Gasteiger partial charge is 0.463 e. The number of aliphatic hydroxyl groups is 2. The Labute approximate surface area is 85.8 Å². The Kier molecular flexibility index (Phi) is 2.79. The minimum absolute atomic E-state index is 0.0397. The predicted molar refractivity (Wildman–Crippen MR) is 50.7 cm³/mol. The van der Waals surface area contributed by atoms with Crippen molar-refractivity contribution < 1.29 is 14.6 Å². The molecule has 0 aromatic carbocycles. The fourth-order valence-corrected chi connectivity index (χ4v) is 1.39. The van der Waals surface area contributed by atoms with Gasteiger partial charge in [-0.05, 0) is 12.1 Å². The lowest BCUT2D eigenvalue weighted by Gasteiger charge is -2.02. The van der Waals surface area contributed by atoms with Gasteiger partial charge in [-0.25, -0.2) is 4.68 Å². The van der Waals surface area contributed by atoms with Crippen molar-refractivity contribution in [3.8, 4) is 11.5 Å². The Balaban J connectivity index is 2.46. The van der Waals surface area contributed by atoms with Crippen LogP contribution in [0.3, 0.4) is 0 Å². The van der Waals surface area contributed by atoms with Gasteiger partial charge in [0.05, 0.1) is 26.0 Å². The van der Waals surface area contributed by atoms with Crippen LogP contribution in [0.4, 0.5) is 0 Å². The molecule has 2 N–H and O–H groups in total. The molecule has 6 heteroatoms. The van der Waals surface area contributed by atoms with Gasteiger partial charge in [-0.2, -0.15) is 0 Å². The van der Waals surface area contributed by atoms with Crippen LogP contribution >= 0.6 is 0 Å². The smallest absolute Gasteiger partial charge is 0.153 e. The fraction of sp³-hybridized carbons (Fsp3) is 0.333. The van der Waals surface area contributed by atoms with E-state index in [1.165, 1.54) is 10.9 Å². The molecule has 0 atom stereocenters. The van der Waals surface area contributed by atoms with Gasteiger partial charge in [0.2, 0.25) is 0 Å². The molecule has 0 radical (unpaired) electrons. The maximum Gasteiger partial charge on any atom is 0.153 e. The second-order valence-corrected chi connectivity index (χ2v) is 2.97. The van der Waals surface area contributed by atoms with Gasteiger partial charge in [0.1, 0.15) is 11.4 Å². The zero-order valence-corrected chi connectivity index (χ0v) is 8.00. The summed E-state index contributed by atoms with van der Waals surface area (Å²) in [6.07, 6.45) is 1.53. The molecule has 0 amide bonds. The number of aliphatic hydroxyl groups excluding tert-OH is 2. The summed E-state index contributed by atoms with van der Waals surface area (Å²) < 4.78 is 6.72. The van der Waals surface area contributed by atoms with E-state index in [1.807, 2.05) is 0 Å². The Hall–Kier alpha value is -1.66. The zero-order valence-electron chi connectivity index (χ0n) is 8.00. The molecule has 0 spiro atoms. The van der Waals surface area contributed by atoms with Crippen molar-refractivity contribution in [2.45, 2.75) is 13.2 Å². The standard InChI is InChI=1S/C9H11N3O3/c13-4-3-12-9(7(6-14)10-11-12)8-2-1-5-15-8/h1-2,5,13-14H,3-4,6H2. The van der Waals surface area contributed by atoms with Crippen LogP contribution in [0.15, 0.2) is 22.8 Å². The van der Waals surface area contributed by atoms with Gasteiger partial charge in [-0.1, -0.05) is 5.21 Å². The summed E-state index contributed by atoms with van der Waals surface area (Å²) in [4.78, 5) is 0. The maximum absolute atomic E-state index is 9.08. The molecule has 15 heavy (non-hydrogen) atoms. The summed E-state index contributed by atoms with van der Waals surface area (Å²) >= 11 is 0. The molecular weight excluding hydrogens is 198 g/mol. The predicted octanol–water partition coefficient (Wildman–Crippen LogP) is 0.0227. The Morgan fingerprint density at radius 1 is 1.40 bits per heavy atom. The highest BCUT2D eigenvalue weighted by atomic mass is 16.3. The van der Waals surface area contributed by atoms with Gasteiger partial charge in [0.15, 0.2) is 5.76 Å². The first kappa shape index (κ1) is 9.88. The number of rotatable bonds is 4. The van der Waals surface area contributed by atoms with Crippen molar-refractivity contribution in [1.29, 1.82) is 0 Å². The topological polar surface area (TPSA) is 84.3 Å². The van der Waals surface area contributed by atoms with Crippen LogP contribution in [0.1, 0.15) is 5.69 Å². The van der Waals surface area contributed by atoms with Crippen LogP contribution in [0.2, 0.25) is 0 Å². The molecule has 0 aliphatic rings. The number of aromatic nitrogens is 3. The van der Waals surface area contributed by atoms with Crippen molar-refractivity contribution in [1.82, 2.24) is 15.0 Å². The maximum atomic E-state index is 9.08. The Morgan fingerprint density at radius 2 is 2.27 bits per heavy atom. The van der Waals surface area contributed by atoms with E-state index >= 15 is 0 Å². The summed E-state index contributed by atoms with van der Waals surface area (Å²) in [5.41, 5.74) is 1.05. The second-order valence-electron chi connectivity index (χ2n) is 2.97. The molecule has 0 saturated carbocycles. The van der Waals surface area contributed by atoms with E-state index in [0.29, 0.717) is 23.7 Å². The van der Waals surface area contributed by atoms with Gasteiger partial charge in [0.25, 0.3) is 0 Å². The van der Waals surface area contributed by atoms with Crippen LogP contribution in [-0.2, 0) is 13.2 Å². The third-order valence-corrected chi connectivity index (χ3v) is 2.02. The highest BCUT2D eigenvalue weighted by Gasteiger charge is 2.15. The summed E-state index contributed by atoms with van der Waals surface area (Å²) in [5.74, 6) is 0.581. The first-order chi connectivity index (χ1) is 7.36. The van der Waals surface area contributed by atoms with E-state index in [2.05, 4.69) is 10.3 Å². The van der Waals surface area contributed by atoms with Crippen molar-refractivity contribution >= 4 is 0 Å². The third-order valence-electron chi connectivity index (χ3n) is 2.02. The van der Waals surface area contributed by atoms with E-state index in [9.17, 15) is 0 Å². The number of furan rings is 1. The molecule has 2 heterocycles. The SMILES string of the molecule is OCCn1nnc(CO)c1-c1ccco1. The molecule has 0 aliphatic heterocycles. The summed E-state index contributed by atoms with van der Waals surface area (Å²) in [5, 5.41) is 25.5. The molecule has 0 bridgehead atoms. The zero-order chi connectivity index (χ0) is 10.7. The normalized spacial score (nSPS) is 10.8. The van der Waals surface area contributed by atoms with E-state index in [-0.39, 0.29) is 13.2 Å². The molecule has 2 rings (SSSR count). The van der Waals surface area contributed by atoms with Crippen LogP contribution in [-0.4, -0.2) is 31.8 Å². The molecule has 2 aromatic heterocycles. The van der Waals surface area contributed by atoms with Crippen molar-refractivity contribution in [2.24, 2.45) is 0 Å². The van der Waals surface area contributed by atoms with Crippen molar-refractivity contribution in [3.05, 3.63) is 24.1 Å². The lowest BCUT2D eigenvalue weighted by molar-refractivity contribution is 0.268. The minimum Gasteiger partial charge on any atom is -0.463 e. The van der Waals surface area contributed by atoms with Gasteiger partial charge >= 0.3 is 0 Å². The fourth-order valence-electron chi connectivity index (χ4n) is 1.39. The van der Waals surface area contributed by atoms with Crippen molar-refractivity contribution in [3.63, 3.8) is 0 Å². The molecule has 0 saturated heterocycles. The molecule has 80 valence electrons. The second kappa shape index (κ2) is 4.24. The highest BCUT2D eigenvalue weighted by molar-refractivity contribution is 5.54. The molecular formula is C9H11N3O3. The summed E-state index contributed by atoms with van der Waals surface area (Å²) in [6, 6.07) is 3.50. The Morgan fingerprint density at radius 3 is 2.87 bits per heavy atom. The van der Waals surface area contributed by atoms with Crippen LogP contribution in [0.5, 0.6) is 0 Å². The quantitative estimate of drug-likeness (QED) is 0.741. The lowest BCUT2D eigenvalue weighted by atomic mass is 10.2. The van der Waals surface area contributed by atoms with Gasteiger partial charge in [0, 0.05) is 0 Å². The lowest BCUT2D eigenvalue weighted by Crippen LogP contribution is -2.06. The first-order valence-electron chi connectivity index (χ1n) is 4.54. The average molecular weight is 209 g/mol. The molecule has 0 fully saturated rings. The van der Waals surface area contributed by atoms with E-state index in [4.69, 9.17) is 14.6 Å². The van der Waals surface area contributed by atoms with E-state index in [0.717, 1.165) is 0 Å². The van der Waals surface area contributed by atoms with Gasteiger partial charge < -0.3 is 14.6 Å². The van der Waals surface area contributed by atoms with Crippen LogP contribution in [0.25, 0.3) is 11.5 Å². The van der Waals surface area contributed by atoms with E-state index < -0.39 is 0 Å². The number of hydrogen-bond donors (Lipinski definition) is 2. The molecule has 0 aliphatic carbocycles. The number of hydrogen-bond acceptors (Lipinski definition) is 5.